The van der Waals surface area contributed by atoms with E-state index < -0.39 is 5.97 Å². The number of benzene rings is 3. The lowest BCUT2D eigenvalue weighted by atomic mass is 10.0. The van der Waals surface area contributed by atoms with E-state index in [4.69, 9.17) is 58.6 Å². The highest BCUT2D eigenvalue weighted by atomic mass is 35.5. The van der Waals surface area contributed by atoms with Crippen LogP contribution in [-0.4, -0.2) is 35.7 Å². The van der Waals surface area contributed by atoms with Crippen LogP contribution in [0, 0.1) is 0 Å². The number of carbonyl (C=O) groups is 1. The van der Waals surface area contributed by atoms with Crippen molar-refractivity contribution in [2.75, 3.05) is 13.2 Å². The molecule has 2 heterocycles. The summed E-state index contributed by atoms with van der Waals surface area (Å²) in [6.07, 6.45) is 4.24. The first-order valence-corrected chi connectivity index (χ1v) is 15.4. The molecule has 0 radical (unpaired) electrons. The molecule has 3 atom stereocenters. The van der Waals surface area contributed by atoms with E-state index in [1.807, 2.05) is 30.3 Å². The van der Waals surface area contributed by atoms with Crippen molar-refractivity contribution in [2.24, 2.45) is 0 Å². The smallest absolute Gasteiger partial charge is 0.335 e. The highest BCUT2D eigenvalue weighted by Crippen LogP contribution is 2.56. The van der Waals surface area contributed by atoms with Gasteiger partial charge in [0.05, 0.1) is 27.8 Å². The van der Waals surface area contributed by atoms with Gasteiger partial charge in [0.2, 0.25) is 0 Å². The van der Waals surface area contributed by atoms with E-state index in [1.165, 1.54) is 0 Å². The topological polar surface area (TPSA) is 91.0 Å². The molecule has 1 aliphatic carbocycles. The molecule has 3 unspecified atom stereocenters. The minimum atomic E-state index is -0.930. The van der Waals surface area contributed by atoms with E-state index in [-0.39, 0.29) is 24.4 Å². The molecule has 0 bridgehead atoms. The van der Waals surface area contributed by atoms with Gasteiger partial charge in [0.15, 0.2) is 6.29 Å². The zero-order valence-electron chi connectivity index (χ0n) is 23.2. The molecule has 0 amide bonds. The predicted octanol–water partition coefficient (Wildman–Crippen LogP) is 8.94. The van der Waals surface area contributed by atoms with Crippen LogP contribution in [0.1, 0.15) is 70.3 Å². The third kappa shape index (κ3) is 6.87. The van der Waals surface area contributed by atoms with Gasteiger partial charge in [-0.1, -0.05) is 64.2 Å². The van der Waals surface area contributed by atoms with Gasteiger partial charge in [-0.3, -0.25) is 0 Å². The molecule has 224 valence electrons. The van der Waals surface area contributed by atoms with Crippen LogP contribution >= 0.6 is 34.8 Å². The molecule has 2 aliphatic rings. The van der Waals surface area contributed by atoms with Crippen molar-refractivity contribution in [2.45, 2.75) is 56.8 Å². The van der Waals surface area contributed by atoms with Gasteiger partial charge in [0.1, 0.15) is 23.8 Å². The summed E-state index contributed by atoms with van der Waals surface area (Å²) in [6.45, 7) is 1.28. The normalized spacial score (nSPS) is 19.7. The van der Waals surface area contributed by atoms with Crippen molar-refractivity contribution < 1.29 is 28.6 Å². The van der Waals surface area contributed by atoms with Gasteiger partial charge in [-0.25, -0.2) is 4.79 Å². The number of aromatic carboxylic acids is 1. The van der Waals surface area contributed by atoms with Crippen molar-refractivity contribution >= 4 is 40.8 Å². The van der Waals surface area contributed by atoms with Crippen molar-refractivity contribution in [1.29, 1.82) is 0 Å². The molecule has 7 nitrogen and oxygen atoms in total. The number of hydrogen-bond acceptors (Lipinski definition) is 6. The van der Waals surface area contributed by atoms with Crippen molar-refractivity contribution in [3.8, 4) is 17.0 Å². The Morgan fingerprint density at radius 1 is 0.977 bits per heavy atom. The number of halogens is 3. The molecule has 1 saturated heterocycles. The van der Waals surface area contributed by atoms with Gasteiger partial charge in [-0.15, -0.1) is 0 Å². The first-order chi connectivity index (χ1) is 20.9. The van der Waals surface area contributed by atoms with E-state index in [9.17, 15) is 4.79 Å². The minimum Gasteiger partial charge on any atom is -0.489 e. The number of carboxylic acid groups (broad SMARTS) is 1. The highest BCUT2D eigenvalue weighted by Gasteiger charge is 2.40. The molecule has 43 heavy (non-hydrogen) atoms. The molecule has 1 aliphatic heterocycles. The van der Waals surface area contributed by atoms with Crippen LogP contribution in [0.3, 0.4) is 0 Å². The van der Waals surface area contributed by atoms with E-state index >= 15 is 0 Å². The van der Waals surface area contributed by atoms with Crippen LogP contribution < -0.4 is 4.74 Å². The largest absolute Gasteiger partial charge is 0.489 e. The summed E-state index contributed by atoms with van der Waals surface area (Å²) in [4.78, 5) is 11.2. The molecule has 1 aromatic heterocycles. The van der Waals surface area contributed by atoms with Gasteiger partial charge in [-0.2, -0.15) is 0 Å². The average molecular weight is 643 g/mol. The fourth-order valence-corrected chi connectivity index (χ4v) is 6.46. The summed E-state index contributed by atoms with van der Waals surface area (Å²) in [7, 11) is 0. The Bertz CT molecular complexity index is 1580. The van der Waals surface area contributed by atoms with Crippen LogP contribution in [-0.2, 0) is 22.5 Å². The number of hydrogen-bond donors (Lipinski definition) is 1. The maximum Gasteiger partial charge on any atom is 0.335 e. The summed E-state index contributed by atoms with van der Waals surface area (Å²) >= 11 is 19.8. The molecule has 0 spiro atoms. The number of nitrogens with zero attached hydrogens (tertiary/aromatic N) is 1. The fourth-order valence-electron chi connectivity index (χ4n) is 5.57. The van der Waals surface area contributed by atoms with Crippen molar-refractivity contribution in [1.82, 2.24) is 5.16 Å². The summed E-state index contributed by atoms with van der Waals surface area (Å²) in [5.74, 6) is 0.867. The quantitative estimate of drug-likeness (QED) is 0.175. The van der Waals surface area contributed by atoms with Crippen molar-refractivity contribution in [3.63, 3.8) is 0 Å². The van der Waals surface area contributed by atoms with E-state index in [1.54, 1.807) is 30.3 Å². The summed E-state index contributed by atoms with van der Waals surface area (Å²) in [5, 5.41) is 15.0. The first-order valence-electron chi connectivity index (χ1n) is 14.3. The Labute approximate surface area is 264 Å². The lowest BCUT2D eigenvalue weighted by Crippen LogP contribution is -2.23. The second-order valence-electron chi connectivity index (χ2n) is 10.8. The van der Waals surface area contributed by atoms with E-state index in [2.05, 4.69) is 5.16 Å². The monoisotopic (exact) mass is 641 g/mol. The molecule has 1 saturated carbocycles. The van der Waals surface area contributed by atoms with Crippen LogP contribution in [0.25, 0.3) is 11.3 Å². The van der Waals surface area contributed by atoms with Crippen molar-refractivity contribution in [3.05, 3.63) is 104 Å². The average Bonchev–Trinajstić information content (AvgIpc) is 3.70. The lowest BCUT2D eigenvalue weighted by molar-refractivity contribution is -0.162. The molecular formula is C33H30Cl3NO6. The molecule has 4 aromatic rings. The second kappa shape index (κ2) is 13.3. The maximum atomic E-state index is 11.2. The molecule has 3 aromatic carbocycles. The Balaban J connectivity index is 1.16. The van der Waals surface area contributed by atoms with E-state index in [0.717, 1.165) is 42.4 Å². The number of rotatable bonds is 11. The van der Waals surface area contributed by atoms with Crippen LogP contribution in [0.4, 0.5) is 0 Å². The zero-order chi connectivity index (χ0) is 29.9. The van der Waals surface area contributed by atoms with Crippen LogP contribution in [0.2, 0.25) is 15.1 Å². The molecule has 6 rings (SSSR count). The Kier molecular flexibility index (Phi) is 9.26. The Morgan fingerprint density at radius 3 is 2.47 bits per heavy atom. The van der Waals surface area contributed by atoms with Gasteiger partial charge in [0, 0.05) is 23.6 Å². The second-order valence-corrected chi connectivity index (χ2v) is 12.0. The standard InChI is InChI=1S/C33H30Cl3NO6/c34-26-4-3-5-27(35)31(26)32-25(29(43-37-32)13-15-41-30-6-1-2-14-40-30)18-42-21-11-12-22(28(36)16-21)24-17-23(24)19-7-9-20(10-8-19)33(38)39/h3-5,7-12,16,23-24,30H,1-2,6,13-15,17-18H2,(H,38,39). The fraction of sp³-hybridized carbons (Fsp3) is 0.333. The SMILES string of the molecule is O=C(O)c1ccc(C2CC2c2ccc(OCc3c(-c4c(Cl)cccc4Cl)noc3CCOC3CCCCO3)cc2Cl)cc1. The third-order valence-corrected chi connectivity index (χ3v) is 8.93. The maximum absolute atomic E-state index is 11.2. The van der Waals surface area contributed by atoms with Gasteiger partial charge in [0.25, 0.3) is 0 Å². The van der Waals surface area contributed by atoms with Gasteiger partial charge < -0.3 is 23.8 Å². The predicted molar refractivity (Wildman–Crippen MR) is 164 cm³/mol. The Morgan fingerprint density at radius 2 is 1.77 bits per heavy atom. The van der Waals surface area contributed by atoms with Gasteiger partial charge >= 0.3 is 5.97 Å². The molecule has 1 N–H and O–H groups in total. The van der Waals surface area contributed by atoms with Gasteiger partial charge in [-0.05, 0) is 85.0 Å². The van der Waals surface area contributed by atoms with E-state index in [0.29, 0.717) is 63.4 Å². The molecule has 10 heteroatoms. The number of ether oxygens (including phenoxy) is 3. The minimum absolute atomic E-state index is 0.160. The van der Waals surface area contributed by atoms with Crippen LogP contribution in [0.5, 0.6) is 5.75 Å². The third-order valence-electron chi connectivity index (χ3n) is 7.97. The van der Waals surface area contributed by atoms with Crippen LogP contribution in [0.15, 0.2) is 65.2 Å². The zero-order valence-corrected chi connectivity index (χ0v) is 25.5. The number of carboxylic acids is 1. The molecular weight excluding hydrogens is 613 g/mol. The summed E-state index contributed by atoms with van der Waals surface area (Å²) < 4.78 is 23.6. The summed E-state index contributed by atoms with van der Waals surface area (Å²) in [6, 6.07) is 18.1. The number of aromatic nitrogens is 1. The first kappa shape index (κ1) is 30.0. The summed E-state index contributed by atoms with van der Waals surface area (Å²) in [5.41, 5.74) is 4.27. The highest BCUT2D eigenvalue weighted by molar-refractivity contribution is 6.39. The Hall–Kier alpha value is -3.07. The molecule has 2 fully saturated rings. The lowest BCUT2D eigenvalue weighted by Gasteiger charge is -2.22.